The van der Waals surface area contributed by atoms with Crippen molar-refractivity contribution >= 4 is 17.7 Å². The highest BCUT2D eigenvalue weighted by atomic mass is 16.2. The average molecular weight is 241 g/mol. The van der Waals surface area contributed by atoms with Crippen LogP contribution >= 0.6 is 0 Å². The summed E-state index contributed by atoms with van der Waals surface area (Å²) in [6.45, 7) is 4.13. The van der Waals surface area contributed by atoms with Gasteiger partial charge in [0, 0.05) is 6.54 Å². The Morgan fingerprint density at radius 3 is 2.29 bits per heavy atom. The van der Waals surface area contributed by atoms with Gasteiger partial charge in [-0.05, 0) is 12.3 Å². The molecule has 6 heteroatoms. The molecule has 0 spiro atoms. The maximum Gasteiger partial charge on any atom is 0.246 e. The number of carbonyl (C=O) groups excluding carboxylic acids is 3. The molecule has 1 unspecified atom stereocenters. The number of imide groups is 1. The van der Waals surface area contributed by atoms with E-state index in [2.05, 4.69) is 5.32 Å². The topological polar surface area (TPSA) is 92.5 Å². The molecule has 1 aliphatic rings. The van der Waals surface area contributed by atoms with E-state index in [0.29, 0.717) is 12.3 Å². The van der Waals surface area contributed by atoms with Crippen LogP contribution in [0.3, 0.4) is 0 Å². The van der Waals surface area contributed by atoms with Gasteiger partial charge >= 0.3 is 0 Å². The van der Waals surface area contributed by atoms with E-state index in [1.54, 1.807) is 0 Å². The number of rotatable bonds is 4. The summed E-state index contributed by atoms with van der Waals surface area (Å²) in [5, 5.41) is 2.16. The third-order valence-corrected chi connectivity index (χ3v) is 2.65. The summed E-state index contributed by atoms with van der Waals surface area (Å²) in [6, 6.07) is 0. The summed E-state index contributed by atoms with van der Waals surface area (Å²) >= 11 is 0. The van der Waals surface area contributed by atoms with Crippen molar-refractivity contribution in [3.8, 4) is 0 Å². The lowest BCUT2D eigenvalue weighted by molar-refractivity contribution is -0.147. The van der Waals surface area contributed by atoms with Gasteiger partial charge < -0.3 is 10.6 Å². The fourth-order valence-electron chi connectivity index (χ4n) is 1.92. The Morgan fingerprint density at radius 1 is 1.35 bits per heavy atom. The van der Waals surface area contributed by atoms with Crippen LogP contribution in [0.4, 0.5) is 0 Å². The van der Waals surface area contributed by atoms with Crippen LogP contribution in [0.2, 0.25) is 0 Å². The Morgan fingerprint density at radius 2 is 1.88 bits per heavy atom. The molecule has 1 atom stereocenters. The molecule has 1 aliphatic heterocycles. The van der Waals surface area contributed by atoms with Crippen LogP contribution in [0, 0.1) is 11.8 Å². The molecule has 0 aliphatic carbocycles. The van der Waals surface area contributed by atoms with Crippen molar-refractivity contribution in [1.29, 1.82) is 0 Å². The van der Waals surface area contributed by atoms with Crippen LogP contribution in [0.15, 0.2) is 0 Å². The fourth-order valence-corrected chi connectivity index (χ4v) is 1.92. The molecule has 0 radical (unpaired) electrons. The van der Waals surface area contributed by atoms with E-state index in [1.807, 2.05) is 13.8 Å². The minimum Gasteiger partial charge on any atom is -0.330 e. The summed E-state index contributed by atoms with van der Waals surface area (Å²) in [5.74, 6) is -1.04. The molecule has 0 bridgehead atoms. The monoisotopic (exact) mass is 241 g/mol. The zero-order valence-electron chi connectivity index (χ0n) is 10.2. The van der Waals surface area contributed by atoms with Crippen molar-refractivity contribution in [3.05, 3.63) is 0 Å². The lowest BCUT2D eigenvalue weighted by Crippen LogP contribution is -2.55. The Bertz CT molecular complexity index is 312. The van der Waals surface area contributed by atoms with Gasteiger partial charge in [-0.2, -0.15) is 0 Å². The zero-order chi connectivity index (χ0) is 13.0. The Kier molecular flexibility index (Phi) is 4.62. The van der Waals surface area contributed by atoms with Crippen molar-refractivity contribution in [2.24, 2.45) is 17.6 Å². The number of hydrogen-bond acceptors (Lipinski definition) is 4. The number of nitrogens with zero attached hydrogens (tertiary/aromatic N) is 1. The lowest BCUT2D eigenvalue weighted by atomic mass is 9.95. The highest BCUT2D eigenvalue weighted by Crippen LogP contribution is 2.14. The van der Waals surface area contributed by atoms with Crippen LogP contribution in [0.5, 0.6) is 0 Å². The van der Waals surface area contributed by atoms with E-state index >= 15 is 0 Å². The third kappa shape index (κ3) is 3.81. The minimum atomic E-state index is -0.435. The highest BCUT2D eigenvalue weighted by Gasteiger charge is 2.30. The van der Waals surface area contributed by atoms with Crippen LogP contribution in [-0.2, 0) is 14.4 Å². The Balaban J connectivity index is 2.66. The van der Waals surface area contributed by atoms with Crippen LogP contribution in [0.1, 0.15) is 20.3 Å². The van der Waals surface area contributed by atoms with Gasteiger partial charge in [0.25, 0.3) is 0 Å². The lowest BCUT2D eigenvalue weighted by Gasteiger charge is -2.29. The average Bonchev–Trinajstić information content (AvgIpc) is 2.23. The first-order chi connectivity index (χ1) is 7.93. The summed E-state index contributed by atoms with van der Waals surface area (Å²) in [5.41, 5.74) is 5.56. The second kappa shape index (κ2) is 5.77. The molecule has 3 N–H and O–H groups in total. The molecule has 3 amide bonds. The van der Waals surface area contributed by atoms with Gasteiger partial charge in [0.15, 0.2) is 0 Å². The summed E-state index contributed by atoms with van der Waals surface area (Å²) < 4.78 is 0. The largest absolute Gasteiger partial charge is 0.330 e. The number of amides is 3. The first kappa shape index (κ1) is 13.6. The van der Waals surface area contributed by atoms with E-state index < -0.39 is 11.8 Å². The maximum atomic E-state index is 12.1. The van der Waals surface area contributed by atoms with Crippen molar-refractivity contribution in [2.45, 2.75) is 20.3 Å². The smallest absolute Gasteiger partial charge is 0.246 e. The molecular weight excluding hydrogens is 222 g/mol. The van der Waals surface area contributed by atoms with Crippen molar-refractivity contribution in [3.63, 3.8) is 0 Å². The van der Waals surface area contributed by atoms with Crippen LogP contribution < -0.4 is 11.1 Å². The Labute approximate surface area is 101 Å². The molecule has 6 nitrogen and oxygen atoms in total. The van der Waals surface area contributed by atoms with E-state index in [-0.39, 0.29) is 31.5 Å². The molecule has 1 heterocycles. The number of nitrogens with two attached hydrogens (primary N) is 1. The molecular formula is C11H19N3O3. The number of piperazine rings is 1. The van der Waals surface area contributed by atoms with Gasteiger partial charge in [0.1, 0.15) is 13.1 Å². The first-order valence-electron chi connectivity index (χ1n) is 5.75. The van der Waals surface area contributed by atoms with Crippen molar-refractivity contribution in [2.75, 3.05) is 19.6 Å². The quantitative estimate of drug-likeness (QED) is 0.623. The molecule has 1 fully saturated rings. The standard InChI is InChI=1S/C11H19N3O3/c1-7(2)3-8(4-12)11(17)14-5-9(15)13-10(16)6-14/h7-8H,3-6,12H2,1-2H3,(H,13,15,16). The van der Waals surface area contributed by atoms with Crippen molar-refractivity contribution < 1.29 is 14.4 Å². The first-order valence-corrected chi connectivity index (χ1v) is 5.75. The maximum absolute atomic E-state index is 12.1. The Hall–Kier alpha value is -1.43. The van der Waals surface area contributed by atoms with E-state index in [4.69, 9.17) is 5.73 Å². The van der Waals surface area contributed by atoms with Gasteiger partial charge in [-0.15, -0.1) is 0 Å². The molecule has 0 aromatic heterocycles. The second-order valence-corrected chi connectivity index (χ2v) is 4.73. The van der Waals surface area contributed by atoms with Gasteiger partial charge in [-0.25, -0.2) is 0 Å². The van der Waals surface area contributed by atoms with Gasteiger partial charge in [-0.1, -0.05) is 13.8 Å². The van der Waals surface area contributed by atoms with E-state index in [9.17, 15) is 14.4 Å². The molecule has 17 heavy (non-hydrogen) atoms. The predicted octanol–water partition coefficient (Wildman–Crippen LogP) is -0.908. The molecule has 1 saturated heterocycles. The summed E-state index contributed by atoms with van der Waals surface area (Å²) in [4.78, 5) is 35.7. The summed E-state index contributed by atoms with van der Waals surface area (Å²) in [6.07, 6.45) is 0.668. The zero-order valence-corrected chi connectivity index (χ0v) is 10.2. The highest BCUT2D eigenvalue weighted by molar-refractivity contribution is 6.02. The summed E-state index contributed by atoms with van der Waals surface area (Å²) in [7, 11) is 0. The molecule has 0 aromatic rings. The van der Waals surface area contributed by atoms with Crippen LogP contribution in [-0.4, -0.2) is 42.3 Å². The van der Waals surface area contributed by atoms with E-state index in [0.717, 1.165) is 0 Å². The molecule has 1 rings (SSSR count). The molecule has 96 valence electrons. The van der Waals surface area contributed by atoms with E-state index in [1.165, 1.54) is 4.90 Å². The number of carbonyl (C=O) groups is 3. The number of nitrogens with one attached hydrogen (secondary N) is 1. The van der Waals surface area contributed by atoms with Crippen LogP contribution in [0.25, 0.3) is 0 Å². The van der Waals surface area contributed by atoms with Gasteiger partial charge in [0.2, 0.25) is 17.7 Å². The fraction of sp³-hybridized carbons (Fsp3) is 0.727. The molecule has 0 saturated carbocycles. The van der Waals surface area contributed by atoms with Gasteiger partial charge in [-0.3, -0.25) is 19.7 Å². The number of hydrogen-bond donors (Lipinski definition) is 2. The third-order valence-electron chi connectivity index (χ3n) is 2.65. The molecule has 0 aromatic carbocycles. The second-order valence-electron chi connectivity index (χ2n) is 4.73. The van der Waals surface area contributed by atoms with Crippen molar-refractivity contribution in [1.82, 2.24) is 10.2 Å². The predicted molar refractivity (Wildman–Crippen MR) is 61.7 cm³/mol. The SMILES string of the molecule is CC(C)CC(CN)C(=O)N1CC(=O)NC(=O)C1. The normalized spacial score (nSPS) is 18.2. The van der Waals surface area contributed by atoms with Gasteiger partial charge in [0.05, 0.1) is 5.92 Å². The minimum absolute atomic E-state index is 0.0564.